The minimum atomic E-state index is -0.922. The largest absolute Gasteiger partial charge is 0.385 e. The van der Waals surface area contributed by atoms with Gasteiger partial charge in [-0.3, -0.25) is 0 Å². The first kappa shape index (κ1) is 12.1. The number of amidine groups is 1. The second-order valence-corrected chi connectivity index (χ2v) is 4.95. The molecule has 1 aromatic rings. The third kappa shape index (κ3) is 2.07. The van der Waals surface area contributed by atoms with Crippen LogP contribution in [0.5, 0.6) is 0 Å². The molecule has 2 aliphatic rings. The van der Waals surface area contributed by atoms with E-state index in [4.69, 9.17) is 5.73 Å². The number of aliphatic imine (C=N–C) groups is 1. The highest BCUT2D eigenvalue weighted by molar-refractivity contribution is 6.03. The summed E-state index contributed by atoms with van der Waals surface area (Å²) >= 11 is 0. The van der Waals surface area contributed by atoms with E-state index >= 15 is 0 Å². The Labute approximate surface area is 108 Å². The van der Waals surface area contributed by atoms with E-state index < -0.39 is 23.7 Å². The van der Waals surface area contributed by atoms with Gasteiger partial charge in [0.2, 0.25) is 0 Å². The van der Waals surface area contributed by atoms with Crippen LogP contribution in [0.2, 0.25) is 0 Å². The van der Waals surface area contributed by atoms with Crippen molar-refractivity contribution < 1.29 is 13.6 Å². The van der Waals surface area contributed by atoms with E-state index in [1.165, 1.54) is 11.0 Å². The average molecular weight is 265 g/mol. The maximum absolute atomic E-state index is 13.8. The molecule has 100 valence electrons. The molecule has 0 aromatic heterocycles. The van der Waals surface area contributed by atoms with Crippen LogP contribution in [0.4, 0.5) is 13.6 Å². The van der Waals surface area contributed by atoms with Crippen molar-refractivity contribution >= 4 is 11.9 Å². The third-order valence-electron chi connectivity index (χ3n) is 3.49. The zero-order chi connectivity index (χ0) is 13.6. The van der Waals surface area contributed by atoms with E-state index in [1.807, 2.05) is 0 Å². The van der Waals surface area contributed by atoms with Gasteiger partial charge in [-0.05, 0) is 30.9 Å². The highest BCUT2D eigenvalue weighted by atomic mass is 19.1. The van der Waals surface area contributed by atoms with E-state index in [0.29, 0.717) is 12.5 Å². The van der Waals surface area contributed by atoms with Crippen LogP contribution in [0.1, 0.15) is 24.4 Å². The summed E-state index contributed by atoms with van der Waals surface area (Å²) < 4.78 is 27.7. The van der Waals surface area contributed by atoms with Gasteiger partial charge in [0, 0.05) is 6.54 Å². The van der Waals surface area contributed by atoms with Crippen molar-refractivity contribution in [1.82, 2.24) is 4.90 Å². The highest BCUT2D eigenvalue weighted by Gasteiger charge is 2.40. The van der Waals surface area contributed by atoms with Crippen LogP contribution in [0.3, 0.4) is 0 Å². The summed E-state index contributed by atoms with van der Waals surface area (Å²) in [6.45, 7) is 0.446. The van der Waals surface area contributed by atoms with Crippen LogP contribution in [0.15, 0.2) is 23.2 Å². The number of amides is 2. The zero-order valence-electron chi connectivity index (χ0n) is 10.1. The van der Waals surface area contributed by atoms with Crippen molar-refractivity contribution in [3.63, 3.8) is 0 Å². The summed E-state index contributed by atoms with van der Waals surface area (Å²) in [7, 11) is 0. The van der Waals surface area contributed by atoms with Crippen molar-refractivity contribution in [3.05, 3.63) is 35.4 Å². The van der Waals surface area contributed by atoms with Gasteiger partial charge in [0.25, 0.3) is 0 Å². The fourth-order valence-electron chi connectivity index (χ4n) is 2.34. The minimum Gasteiger partial charge on any atom is -0.385 e. The van der Waals surface area contributed by atoms with Crippen LogP contribution in [-0.2, 0) is 0 Å². The van der Waals surface area contributed by atoms with Gasteiger partial charge in [0.1, 0.15) is 23.5 Å². The second kappa shape index (κ2) is 4.29. The number of hydrogen-bond donors (Lipinski definition) is 1. The molecule has 1 saturated carbocycles. The van der Waals surface area contributed by atoms with Gasteiger partial charge in [-0.15, -0.1) is 0 Å². The number of carbonyl (C=O) groups is 1. The lowest BCUT2D eigenvalue weighted by molar-refractivity contribution is 0.202. The Morgan fingerprint density at radius 1 is 1.32 bits per heavy atom. The van der Waals surface area contributed by atoms with E-state index in [0.717, 1.165) is 25.0 Å². The van der Waals surface area contributed by atoms with Gasteiger partial charge in [0.05, 0.1) is 5.56 Å². The molecule has 1 aliphatic heterocycles. The van der Waals surface area contributed by atoms with Crippen LogP contribution in [-0.4, -0.2) is 23.3 Å². The maximum Gasteiger partial charge on any atom is 0.346 e. The topological polar surface area (TPSA) is 58.7 Å². The van der Waals surface area contributed by atoms with E-state index in [1.54, 1.807) is 0 Å². The molecule has 0 spiro atoms. The molecule has 1 heterocycles. The van der Waals surface area contributed by atoms with Crippen molar-refractivity contribution in [2.45, 2.75) is 18.9 Å². The number of nitrogens with two attached hydrogens (primary N) is 1. The van der Waals surface area contributed by atoms with Crippen molar-refractivity contribution in [1.29, 1.82) is 0 Å². The average Bonchev–Trinajstić information content (AvgIpc) is 3.10. The number of benzene rings is 1. The molecular formula is C13H13F2N3O. The molecule has 1 aromatic carbocycles. The Morgan fingerprint density at radius 2 is 1.95 bits per heavy atom. The molecule has 0 saturated heterocycles. The minimum absolute atomic E-state index is 0.0466. The molecule has 4 nitrogen and oxygen atoms in total. The first-order valence-electron chi connectivity index (χ1n) is 6.16. The highest BCUT2D eigenvalue weighted by Crippen LogP contribution is 2.36. The van der Waals surface area contributed by atoms with Crippen molar-refractivity contribution in [2.75, 3.05) is 6.54 Å². The summed E-state index contributed by atoms with van der Waals surface area (Å²) in [6.07, 6.45) is 2.05. The first-order valence-corrected chi connectivity index (χ1v) is 6.16. The molecule has 1 atom stereocenters. The van der Waals surface area contributed by atoms with Crippen LogP contribution in [0, 0.1) is 17.6 Å². The molecule has 2 amide bonds. The van der Waals surface area contributed by atoms with Gasteiger partial charge >= 0.3 is 6.03 Å². The van der Waals surface area contributed by atoms with Gasteiger partial charge in [-0.25, -0.2) is 13.6 Å². The third-order valence-corrected chi connectivity index (χ3v) is 3.49. The van der Waals surface area contributed by atoms with Gasteiger partial charge in [0.15, 0.2) is 0 Å². The number of nitrogens with zero attached hydrogens (tertiary/aromatic N) is 2. The van der Waals surface area contributed by atoms with E-state index in [2.05, 4.69) is 4.99 Å². The SMILES string of the molecule is NC1=NC(=O)N(CC2CC2)C1c1c(F)cccc1F. The number of carbonyl (C=O) groups excluding carboxylic acids is 1. The fourth-order valence-corrected chi connectivity index (χ4v) is 2.34. The smallest absolute Gasteiger partial charge is 0.346 e. The molecule has 1 unspecified atom stereocenters. The number of halogens is 2. The Balaban J connectivity index is 2.00. The monoisotopic (exact) mass is 265 g/mol. The second-order valence-electron chi connectivity index (χ2n) is 4.95. The molecule has 1 fully saturated rings. The Morgan fingerprint density at radius 3 is 2.53 bits per heavy atom. The molecule has 2 N–H and O–H groups in total. The van der Waals surface area contributed by atoms with Crippen LogP contribution in [0.25, 0.3) is 0 Å². The lowest BCUT2D eigenvalue weighted by Crippen LogP contribution is -2.36. The molecular weight excluding hydrogens is 252 g/mol. The van der Waals surface area contributed by atoms with Crippen molar-refractivity contribution in [2.24, 2.45) is 16.6 Å². The van der Waals surface area contributed by atoms with Gasteiger partial charge in [-0.1, -0.05) is 6.07 Å². The van der Waals surface area contributed by atoms with E-state index in [9.17, 15) is 13.6 Å². The summed E-state index contributed by atoms with van der Waals surface area (Å²) in [4.78, 5) is 16.8. The van der Waals surface area contributed by atoms with Gasteiger partial charge in [-0.2, -0.15) is 4.99 Å². The quantitative estimate of drug-likeness (QED) is 0.910. The summed E-state index contributed by atoms with van der Waals surface area (Å²) in [5.41, 5.74) is 5.48. The van der Waals surface area contributed by atoms with Gasteiger partial charge < -0.3 is 10.6 Å². The number of rotatable bonds is 3. The predicted molar refractivity (Wildman–Crippen MR) is 65.5 cm³/mol. The lowest BCUT2D eigenvalue weighted by Gasteiger charge is -2.25. The summed E-state index contributed by atoms with van der Waals surface area (Å²) in [6, 6.07) is 2.16. The fraction of sp³-hybridized carbons (Fsp3) is 0.385. The Hall–Kier alpha value is -1.98. The predicted octanol–water partition coefficient (Wildman–Crippen LogP) is 2.21. The molecule has 0 bridgehead atoms. The standard InChI is InChI=1S/C13H13F2N3O/c14-8-2-1-3-9(15)10(8)11-12(16)17-13(19)18(11)6-7-4-5-7/h1-3,7,11H,4-6H2,(H2,16,17,19). The normalized spacial score (nSPS) is 22.8. The summed E-state index contributed by atoms with van der Waals surface area (Å²) in [5, 5.41) is 0. The molecule has 6 heteroatoms. The lowest BCUT2D eigenvalue weighted by atomic mass is 10.0. The number of urea groups is 1. The summed E-state index contributed by atoms with van der Waals surface area (Å²) in [5.74, 6) is -1.07. The molecule has 19 heavy (non-hydrogen) atoms. The van der Waals surface area contributed by atoms with Crippen LogP contribution >= 0.6 is 0 Å². The van der Waals surface area contributed by atoms with E-state index in [-0.39, 0.29) is 11.4 Å². The van der Waals surface area contributed by atoms with Crippen LogP contribution < -0.4 is 5.73 Å². The van der Waals surface area contributed by atoms with Crippen molar-refractivity contribution in [3.8, 4) is 0 Å². The Bertz CT molecular complexity index is 549. The zero-order valence-corrected chi connectivity index (χ0v) is 10.1. The molecule has 0 radical (unpaired) electrons. The molecule has 3 rings (SSSR count). The number of hydrogen-bond acceptors (Lipinski definition) is 2. The first-order chi connectivity index (χ1) is 9.08. The maximum atomic E-state index is 13.8. The molecule has 1 aliphatic carbocycles. The Kier molecular flexibility index (Phi) is 2.73.